The van der Waals surface area contributed by atoms with Gasteiger partial charge in [0, 0.05) is 25.8 Å². The maximum Gasteiger partial charge on any atom is 0.417 e. The van der Waals surface area contributed by atoms with Gasteiger partial charge in [-0.3, -0.25) is 0 Å². The Kier molecular flexibility index (Phi) is 9.97. The molecule has 2 rings (SSSR count). The topological polar surface area (TPSA) is 74.5 Å². The molecule has 10 heteroatoms. The molecule has 0 spiro atoms. The fourth-order valence-electron chi connectivity index (χ4n) is 2.08. The fourth-order valence-corrected chi connectivity index (χ4v) is 2.08. The first-order chi connectivity index (χ1) is 12.5. The number of halogens is 4. The van der Waals surface area contributed by atoms with Crippen LogP contribution in [0.2, 0.25) is 0 Å². The first-order valence-corrected chi connectivity index (χ1v) is 8.30. The highest BCUT2D eigenvalue weighted by molar-refractivity contribution is 14.0. The van der Waals surface area contributed by atoms with Crippen LogP contribution in [0.1, 0.15) is 24.7 Å². The van der Waals surface area contributed by atoms with Crippen molar-refractivity contribution in [3.8, 4) is 0 Å². The van der Waals surface area contributed by atoms with Gasteiger partial charge in [0.05, 0.1) is 11.8 Å². The number of aromatic nitrogens is 1. The molecule has 0 fully saturated rings. The Morgan fingerprint density at radius 3 is 2.59 bits per heavy atom. The highest BCUT2D eigenvalue weighted by atomic mass is 127. The monoisotopic (exact) mass is 497 g/mol. The van der Waals surface area contributed by atoms with Crippen molar-refractivity contribution < 1.29 is 17.6 Å². The zero-order chi connectivity index (χ0) is 18.8. The van der Waals surface area contributed by atoms with Gasteiger partial charge in [0.1, 0.15) is 18.1 Å². The number of aliphatic imine (C=N–C) groups is 1. The Bertz CT molecular complexity index is 675. The lowest BCUT2D eigenvalue weighted by Gasteiger charge is -2.12. The van der Waals surface area contributed by atoms with Gasteiger partial charge in [-0.05, 0) is 37.6 Å². The van der Waals surface area contributed by atoms with Gasteiger partial charge in [0.15, 0.2) is 5.96 Å². The highest BCUT2D eigenvalue weighted by Crippen LogP contribution is 2.28. The Hall–Kier alpha value is -1.98. The molecule has 0 aliphatic carbocycles. The summed E-state index contributed by atoms with van der Waals surface area (Å²) in [5.74, 6) is 1.87. The highest BCUT2D eigenvalue weighted by Gasteiger charge is 2.30. The van der Waals surface area contributed by atoms with Gasteiger partial charge in [0.25, 0.3) is 0 Å². The Balaban J connectivity index is 0.00000364. The molecule has 6 nitrogen and oxygen atoms in total. The number of guanidine groups is 1. The molecule has 0 bridgehead atoms. The molecule has 0 aromatic carbocycles. The van der Waals surface area contributed by atoms with Crippen LogP contribution >= 0.6 is 24.0 Å². The zero-order valence-electron chi connectivity index (χ0n) is 14.8. The maximum atomic E-state index is 12.5. The Morgan fingerprint density at radius 2 is 2.00 bits per heavy atom. The van der Waals surface area contributed by atoms with Gasteiger partial charge in [0.2, 0.25) is 0 Å². The summed E-state index contributed by atoms with van der Waals surface area (Å²) < 4.78 is 42.6. The molecule has 2 heterocycles. The van der Waals surface area contributed by atoms with Gasteiger partial charge in [-0.25, -0.2) is 9.98 Å². The number of nitrogens with zero attached hydrogens (tertiary/aromatic N) is 2. The summed E-state index contributed by atoms with van der Waals surface area (Å²) in [6, 6.07) is 6.00. The average molecular weight is 497 g/mol. The second-order valence-electron chi connectivity index (χ2n) is 5.41. The molecule has 0 atom stereocenters. The predicted octanol–water partition coefficient (Wildman–Crippen LogP) is 3.87. The van der Waals surface area contributed by atoms with E-state index in [4.69, 9.17) is 4.42 Å². The van der Waals surface area contributed by atoms with Gasteiger partial charge in [-0.15, -0.1) is 24.0 Å². The summed E-state index contributed by atoms with van der Waals surface area (Å²) in [6.45, 7) is 4.37. The molecule has 3 N–H and O–H groups in total. The summed E-state index contributed by atoms with van der Waals surface area (Å²) in [6.07, 6.45) is -1.20. The van der Waals surface area contributed by atoms with Crippen molar-refractivity contribution >= 4 is 35.8 Å². The molecule has 0 unspecified atom stereocenters. The first kappa shape index (κ1) is 23.1. The molecule has 0 aliphatic heterocycles. The number of hydrogen-bond acceptors (Lipinski definition) is 4. The smallest absolute Gasteiger partial charge is 0.417 e. The SMILES string of the molecule is CCNC(=NCc1ccco1)NCCCNc1ccc(C(F)(F)F)cn1.I. The summed E-state index contributed by atoms with van der Waals surface area (Å²) in [5.41, 5.74) is -0.757. The normalized spacial score (nSPS) is 11.6. The van der Waals surface area contributed by atoms with E-state index in [0.29, 0.717) is 31.4 Å². The van der Waals surface area contributed by atoms with E-state index in [1.165, 1.54) is 6.07 Å². The van der Waals surface area contributed by atoms with Crippen molar-refractivity contribution in [2.24, 2.45) is 4.99 Å². The van der Waals surface area contributed by atoms with E-state index < -0.39 is 11.7 Å². The lowest BCUT2D eigenvalue weighted by atomic mass is 10.3. The van der Waals surface area contributed by atoms with E-state index >= 15 is 0 Å². The number of furan rings is 1. The minimum atomic E-state index is -4.37. The number of nitrogens with one attached hydrogen (secondary N) is 3. The quantitative estimate of drug-likeness (QED) is 0.224. The number of rotatable bonds is 8. The zero-order valence-corrected chi connectivity index (χ0v) is 17.2. The van der Waals surface area contributed by atoms with Crippen LogP contribution in [0.4, 0.5) is 19.0 Å². The Labute approximate surface area is 173 Å². The summed E-state index contributed by atoms with van der Waals surface area (Å²) in [7, 11) is 0. The van der Waals surface area contributed by atoms with E-state index in [0.717, 1.165) is 31.0 Å². The van der Waals surface area contributed by atoms with Gasteiger partial charge in [-0.2, -0.15) is 13.2 Å². The van der Waals surface area contributed by atoms with Crippen molar-refractivity contribution in [1.82, 2.24) is 15.6 Å². The summed E-state index contributed by atoms with van der Waals surface area (Å²) in [4.78, 5) is 8.17. The maximum absolute atomic E-state index is 12.5. The molecule has 0 saturated carbocycles. The van der Waals surface area contributed by atoms with Crippen LogP contribution in [0.15, 0.2) is 46.1 Å². The van der Waals surface area contributed by atoms with Crippen LogP contribution in [-0.2, 0) is 12.7 Å². The molecular formula is C17H23F3IN5O. The molecule has 0 radical (unpaired) electrons. The van der Waals surface area contributed by atoms with Crippen molar-refractivity contribution in [2.75, 3.05) is 25.0 Å². The summed E-state index contributed by atoms with van der Waals surface area (Å²) >= 11 is 0. The minimum Gasteiger partial charge on any atom is -0.467 e. The van der Waals surface area contributed by atoms with Crippen LogP contribution in [-0.4, -0.2) is 30.6 Å². The van der Waals surface area contributed by atoms with Crippen LogP contribution in [0.3, 0.4) is 0 Å². The van der Waals surface area contributed by atoms with Gasteiger partial charge in [-0.1, -0.05) is 0 Å². The number of anilines is 1. The van der Waals surface area contributed by atoms with Crippen LogP contribution in [0.25, 0.3) is 0 Å². The number of pyridine rings is 1. The Morgan fingerprint density at radius 1 is 1.19 bits per heavy atom. The third-order valence-corrected chi connectivity index (χ3v) is 3.36. The van der Waals surface area contributed by atoms with Crippen molar-refractivity contribution in [3.63, 3.8) is 0 Å². The molecule has 27 heavy (non-hydrogen) atoms. The van der Waals surface area contributed by atoms with Crippen molar-refractivity contribution in [1.29, 1.82) is 0 Å². The largest absolute Gasteiger partial charge is 0.467 e. The second-order valence-corrected chi connectivity index (χ2v) is 5.41. The van der Waals surface area contributed by atoms with E-state index in [1.54, 1.807) is 6.26 Å². The van der Waals surface area contributed by atoms with Gasteiger partial charge < -0.3 is 20.4 Å². The second kappa shape index (κ2) is 11.7. The molecular weight excluding hydrogens is 474 g/mol. The van der Waals surface area contributed by atoms with Crippen molar-refractivity contribution in [3.05, 3.63) is 48.0 Å². The van der Waals surface area contributed by atoms with E-state index in [1.807, 2.05) is 19.1 Å². The lowest BCUT2D eigenvalue weighted by molar-refractivity contribution is -0.137. The van der Waals surface area contributed by atoms with Crippen LogP contribution < -0.4 is 16.0 Å². The van der Waals surface area contributed by atoms with Crippen LogP contribution in [0.5, 0.6) is 0 Å². The number of alkyl halides is 3. The third-order valence-electron chi connectivity index (χ3n) is 3.36. The molecule has 2 aromatic rings. The standard InChI is InChI=1S/C17H22F3N5O.HI/c1-2-21-16(25-12-14-5-3-10-26-14)23-9-4-8-22-15-7-6-13(11-24-15)17(18,19)20;/h3,5-7,10-11H,2,4,8-9,12H2,1H3,(H,22,24)(H2,21,23,25);1H. The molecule has 2 aromatic heterocycles. The van der Waals surface area contributed by atoms with E-state index in [2.05, 4.69) is 25.9 Å². The first-order valence-electron chi connectivity index (χ1n) is 8.30. The minimum absolute atomic E-state index is 0. The van der Waals surface area contributed by atoms with Crippen molar-refractivity contribution in [2.45, 2.75) is 26.1 Å². The molecule has 0 aliphatic rings. The van der Waals surface area contributed by atoms with E-state index in [-0.39, 0.29) is 24.0 Å². The van der Waals surface area contributed by atoms with Gasteiger partial charge >= 0.3 is 6.18 Å². The average Bonchev–Trinajstić information content (AvgIpc) is 3.12. The lowest BCUT2D eigenvalue weighted by Crippen LogP contribution is -2.38. The van der Waals surface area contributed by atoms with E-state index in [9.17, 15) is 13.2 Å². The van der Waals surface area contributed by atoms with Crippen LogP contribution in [0, 0.1) is 0 Å². The fraction of sp³-hybridized carbons (Fsp3) is 0.412. The predicted molar refractivity (Wildman–Crippen MR) is 109 cm³/mol. The molecule has 0 amide bonds. The summed E-state index contributed by atoms with van der Waals surface area (Å²) in [5, 5.41) is 9.31. The number of hydrogen-bond donors (Lipinski definition) is 3. The molecule has 150 valence electrons. The third kappa shape index (κ3) is 8.50. The molecule has 0 saturated heterocycles.